The van der Waals surface area contributed by atoms with Crippen molar-refractivity contribution in [2.75, 3.05) is 20.9 Å². The van der Waals surface area contributed by atoms with Gasteiger partial charge in [0.05, 0.1) is 11.6 Å². The highest BCUT2D eigenvalue weighted by atomic mass is 16.7. The van der Waals surface area contributed by atoms with E-state index in [2.05, 4.69) is 0 Å². The molecule has 0 unspecified atom stereocenters. The number of hydrogen-bond donors (Lipinski definition) is 5. The molecule has 4 aliphatic rings. The van der Waals surface area contributed by atoms with Crippen LogP contribution in [0.15, 0.2) is 53.0 Å². The van der Waals surface area contributed by atoms with Crippen molar-refractivity contribution in [2.45, 2.75) is 24.5 Å². The number of Topliss-reactive ketones (excluding diaryl/α,β-unsaturated/α-hetero) is 2. The van der Waals surface area contributed by atoms with Crippen molar-refractivity contribution in [3.63, 3.8) is 0 Å². The molecule has 0 spiro atoms. The number of benzene rings is 2. The zero-order chi connectivity index (χ0) is 28.0. The fraction of sp³-hybridized carbons (Fsp3) is 0.321. The van der Waals surface area contributed by atoms with Gasteiger partial charge in [0.15, 0.2) is 22.9 Å². The molecule has 2 aromatic rings. The number of aliphatic hydroxyl groups excluding tert-OH is 2. The number of nitrogens with zero attached hydrogens (tertiary/aromatic N) is 1. The first-order valence-corrected chi connectivity index (χ1v) is 12.4. The number of carbonyl (C=O) groups is 3. The first kappa shape index (κ1) is 25.0. The van der Waals surface area contributed by atoms with Crippen LogP contribution in [-0.4, -0.2) is 75.3 Å². The van der Waals surface area contributed by atoms with Crippen LogP contribution in [0, 0.1) is 11.8 Å². The summed E-state index contributed by atoms with van der Waals surface area (Å²) in [5.74, 6) is -5.70. The van der Waals surface area contributed by atoms with Crippen molar-refractivity contribution in [3.05, 3.63) is 64.1 Å². The lowest BCUT2D eigenvalue weighted by Crippen LogP contribution is -2.63. The second kappa shape index (κ2) is 8.32. The van der Waals surface area contributed by atoms with Crippen LogP contribution in [0.5, 0.6) is 17.2 Å². The minimum Gasteiger partial charge on any atom is -0.510 e. The van der Waals surface area contributed by atoms with Gasteiger partial charge in [-0.2, -0.15) is 0 Å². The molecule has 0 radical (unpaired) electrons. The summed E-state index contributed by atoms with van der Waals surface area (Å²) in [6, 6.07) is 7.34. The largest absolute Gasteiger partial charge is 0.510 e. The van der Waals surface area contributed by atoms with Crippen LogP contribution >= 0.6 is 0 Å². The van der Waals surface area contributed by atoms with E-state index >= 15 is 0 Å². The van der Waals surface area contributed by atoms with Gasteiger partial charge in [0.25, 0.3) is 5.91 Å². The Morgan fingerprint density at radius 2 is 1.79 bits per heavy atom. The van der Waals surface area contributed by atoms with Crippen molar-refractivity contribution in [3.8, 4) is 28.4 Å². The van der Waals surface area contributed by atoms with Crippen LogP contribution in [0.1, 0.15) is 22.3 Å². The van der Waals surface area contributed by atoms with Crippen molar-refractivity contribution in [1.82, 2.24) is 4.90 Å². The molecular formula is C28H26N2O9. The van der Waals surface area contributed by atoms with Gasteiger partial charge in [0.1, 0.15) is 22.8 Å². The van der Waals surface area contributed by atoms with E-state index in [9.17, 15) is 34.8 Å². The van der Waals surface area contributed by atoms with Crippen LogP contribution in [0.25, 0.3) is 11.1 Å². The Morgan fingerprint density at radius 3 is 2.49 bits per heavy atom. The van der Waals surface area contributed by atoms with Crippen LogP contribution in [0.4, 0.5) is 0 Å². The molecule has 11 nitrogen and oxygen atoms in total. The predicted molar refractivity (Wildman–Crippen MR) is 135 cm³/mol. The summed E-state index contributed by atoms with van der Waals surface area (Å²) in [7, 11) is 3.17. The van der Waals surface area contributed by atoms with Gasteiger partial charge in [-0.1, -0.05) is 12.1 Å². The number of carbonyl (C=O) groups excluding carboxylic acids is 3. The minimum atomic E-state index is -2.67. The lowest BCUT2D eigenvalue weighted by molar-refractivity contribution is -0.148. The van der Waals surface area contributed by atoms with Crippen LogP contribution in [0.2, 0.25) is 0 Å². The van der Waals surface area contributed by atoms with Crippen LogP contribution in [-0.2, 0) is 16.0 Å². The lowest BCUT2D eigenvalue weighted by Gasteiger charge is -2.50. The van der Waals surface area contributed by atoms with Crippen LogP contribution in [0.3, 0.4) is 0 Å². The number of rotatable bonds is 3. The molecule has 2 aromatic carbocycles. The number of allylic oxidation sites excluding steroid dienone is 1. The van der Waals surface area contributed by atoms with E-state index in [1.807, 2.05) is 6.07 Å². The van der Waals surface area contributed by atoms with E-state index in [-0.39, 0.29) is 36.5 Å². The second-order valence-corrected chi connectivity index (χ2v) is 10.5. The quantitative estimate of drug-likeness (QED) is 0.362. The molecule has 0 saturated heterocycles. The Kier molecular flexibility index (Phi) is 5.33. The predicted octanol–water partition coefficient (Wildman–Crippen LogP) is 1.52. The third-order valence-corrected chi connectivity index (χ3v) is 8.29. The van der Waals surface area contributed by atoms with E-state index in [1.54, 1.807) is 32.3 Å². The molecule has 0 fully saturated rings. The molecule has 202 valence electrons. The monoisotopic (exact) mass is 534 g/mol. The summed E-state index contributed by atoms with van der Waals surface area (Å²) in [5.41, 5.74) is 3.52. The SMILES string of the molecule is CN(C)[C@H]1C(O)=C(C(N)=O)C(=O)[C@@]2(O)C(O)=C3C(=O)c4c(O)ccc(-c5ccc6c(c5)OCO6)c4C[C@@H]3C[C@@H]12. The smallest absolute Gasteiger partial charge is 0.255 e. The number of likely N-dealkylation sites (N-methyl/N-ethyl adjacent to an activating group) is 1. The standard InChI is InChI=1S/C28H26N2O9/c1-30(2)22-15-8-12-7-14-13(11-3-6-17-18(9-11)39-10-38-17)4-5-16(31)20(14)23(32)19(12)25(34)28(15,37)26(35)21(24(22)33)27(29)36/h3-6,9,12,15,22,31,33-34,37H,7-8,10H2,1-2H3,(H2,29,36)/t12-,15+,22-,28+/m1/s1. The maximum absolute atomic E-state index is 13.9. The van der Waals surface area contributed by atoms with E-state index in [4.69, 9.17) is 15.2 Å². The van der Waals surface area contributed by atoms with Crippen molar-refractivity contribution < 1.29 is 44.3 Å². The van der Waals surface area contributed by atoms with Gasteiger partial charge < -0.3 is 35.6 Å². The topological polar surface area (TPSA) is 180 Å². The first-order valence-electron chi connectivity index (χ1n) is 12.4. The molecule has 1 aliphatic heterocycles. The Balaban J connectivity index is 1.53. The van der Waals surface area contributed by atoms with Gasteiger partial charge >= 0.3 is 0 Å². The summed E-state index contributed by atoms with van der Waals surface area (Å²) >= 11 is 0. The Morgan fingerprint density at radius 1 is 1.08 bits per heavy atom. The number of aliphatic hydroxyl groups is 3. The van der Waals surface area contributed by atoms with Gasteiger partial charge in [-0.25, -0.2) is 0 Å². The molecular weight excluding hydrogens is 508 g/mol. The number of amides is 1. The number of fused-ring (bicyclic) bond motifs is 4. The van der Waals surface area contributed by atoms with Crippen molar-refractivity contribution in [2.24, 2.45) is 17.6 Å². The van der Waals surface area contributed by atoms with Gasteiger partial charge in [-0.05, 0) is 67.7 Å². The summed E-state index contributed by atoms with van der Waals surface area (Å²) < 4.78 is 10.9. The average Bonchev–Trinajstić information content (AvgIpc) is 3.34. The maximum atomic E-state index is 13.9. The zero-order valence-electron chi connectivity index (χ0n) is 21.1. The average molecular weight is 535 g/mol. The van der Waals surface area contributed by atoms with Gasteiger partial charge in [0.2, 0.25) is 12.6 Å². The Bertz CT molecular complexity index is 1560. The van der Waals surface area contributed by atoms with Crippen molar-refractivity contribution in [1.29, 1.82) is 0 Å². The van der Waals surface area contributed by atoms with Gasteiger partial charge in [-0.3, -0.25) is 19.3 Å². The second-order valence-electron chi connectivity index (χ2n) is 10.5. The molecule has 4 atom stereocenters. The third-order valence-electron chi connectivity index (χ3n) is 8.29. The number of phenols is 1. The molecule has 1 amide bonds. The number of aromatic hydroxyl groups is 1. The molecule has 3 aliphatic carbocycles. The number of nitrogens with two attached hydrogens (primary N) is 1. The number of hydrogen-bond acceptors (Lipinski definition) is 10. The molecule has 1 heterocycles. The molecule has 0 aromatic heterocycles. The van der Waals surface area contributed by atoms with E-state index in [0.29, 0.717) is 22.6 Å². The molecule has 6 N–H and O–H groups in total. The Hall–Kier alpha value is -4.35. The lowest BCUT2D eigenvalue weighted by atomic mass is 9.58. The first-order chi connectivity index (χ1) is 18.5. The highest BCUT2D eigenvalue weighted by Gasteiger charge is 2.63. The number of ether oxygens (including phenoxy) is 2. The van der Waals surface area contributed by atoms with Crippen molar-refractivity contribution >= 4 is 17.5 Å². The fourth-order valence-electron chi connectivity index (χ4n) is 6.59. The van der Waals surface area contributed by atoms with Gasteiger partial charge in [0, 0.05) is 11.5 Å². The number of primary amides is 1. The highest BCUT2D eigenvalue weighted by molar-refractivity contribution is 6.24. The van der Waals surface area contributed by atoms with Crippen LogP contribution < -0.4 is 15.2 Å². The fourth-order valence-corrected chi connectivity index (χ4v) is 6.59. The van der Waals surface area contributed by atoms with E-state index in [0.717, 1.165) is 5.56 Å². The molecule has 11 heteroatoms. The van der Waals surface area contributed by atoms with E-state index in [1.165, 1.54) is 11.0 Å². The summed E-state index contributed by atoms with van der Waals surface area (Å²) in [5, 5.41) is 44.7. The normalized spacial score (nSPS) is 27.4. The maximum Gasteiger partial charge on any atom is 0.255 e. The summed E-state index contributed by atoms with van der Waals surface area (Å²) in [6.07, 6.45) is 0.203. The molecule has 0 bridgehead atoms. The summed E-state index contributed by atoms with van der Waals surface area (Å²) in [6.45, 7) is 0.0925. The molecule has 6 rings (SSSR count). The minimum absolute atomic E-state index is 0.0159. The van der Waals surface area contributed by atoms with Gasteiger partial charge in [-0.15, -0.1) is 0 Å². The molecule has 0 saturated carbocycles. The molecule has 39 heavy (non-hydrogen) atoms. The van der Waals surface area contributed by atoms with E-state index < -0.39 is 58.0 Å². The Labute approximate surface area is 222 Å². The summed E-state index contributed by atoms with van der Waals surface area (Å²) in [4.78, 5) is 40.9. The third kappa shape index (κ3) is 3.26. The zero-order valence-corrected chi connectivity index (χ0v) is 21.1. The number of ketones is 2. The number of phenolic OH excluding ortho intramolecular Hbond substituents is 1. The highest BCUT2D eigenvalue weighted by Crippen LogP contribution is 2.53.